The molecule has 0 aliphatic rings. The molecule has 0 saturated heterocycles. The molecular weight excluding hydrogens is 190 g/mol. The Hall–Kier alpha value is -0.900. The van der Waals surface area contributed by atoms with Crippen LogP contribution < -0.4 is 5.48 Å². The van der Waals surface area contributed by atoms with E-state index in [0.29, 0.717) is 12.6 Å². The van der Waals surface area contributed by atoms with Crippen molar-refractivity contribution < 1.29 is 9.57 Å². The summed E-state index contributed by atoms with van der Waals surface area (Å²) in [7, 11) is 1.71. The molecule has 3 nitrogen and oxygen atoms in total. The van der Waals surface area contributed by atoms with E-state index in [9.17, 15) is 0 Å². The van der Waals surface area contributed by atoms with Crippen molar-refractivity contribution >= 4 is 0 Å². The van der Waals surface area contributed by atoms with Crippen LogP contribution in [0.1, 0.15) is 18.9 Å². The second kappa shape index (κ2) is 7.40. The molecule has 1 N–H and O–H groups in total. The standard InChI is InChI=1S/C12H19NO2/c1-11(8-9-14-2)13-15-10-12-6-4-3-5-7-12/h3-7,11,13H,8-10H2,1-2H3. The van der Waals surface area contributed by atoms with Crippen LogP contribution in [-0.2, 0) is 16.2 Å². The van der Waals surface area contributed by atoms with E-state index >= 15 is 0 Å². The monoisotopic (exact) mass is 209 g/mol. The number of methoxy groups -OCH3 is 1. The molecule has 0 bridgehead atoms. The zero-order valence-electron chi connectivity index (χ0n) is 9.40. The predicted molar refractivity (Wildman–Crippen MR) is 60.3 cm³/mol. The molecule has 0 saturated carbocycles. The summed E-state index contributed by atoms with van der Waals surface area (Å²) in [4.78, 5) is 5.37. The van der Waals surface area contributed by atoms with Crippen LogP contribution in [0.2, 0.25) is 0 Å². The smallest absolute Gasteiger partial charge is 0.0933 e. The number of hydrogen-bond acceptors (Lipinski definition) is 3. The summed E-state index contributed by atoms with van der Waals surface area (Å²) in [6.45, 7) is 3.42. The van der Waals surface area contributed by atoms with Gasteiger partial charge in [0.05, 0.1) is 6.61 Å². The first-order valence-electron chi connectivity index (χ1n) is 5.23. The van der Waals surface area contributed by atoms with Crippen molar-refractivity contribution in [3.05, 3.63) is 35.9 Å². The zero-order valence-corrected chi connectivity index (χ0v) is 9.40. The average molecular weight is 209 g/mol. The molecular formula is C12H19NO2. The van der Waals surface area contributed by atoms with Crippen molar-refractivity contribution in [3.63, 3.8) is 0 Å². The second-order valence-corrected chi connectivity index (χ2v) is 3.57. The third-order valence-corrected chi connectivity index (χ3v) is 2.12. The fourth-order valence-corrected chi connectivity index (χ4v) is 1.20. The summed E-state index contributed by atoms with van der Waals surface area (Å²) >= 11 is 0. The van der Waals surface area contributed by atoms with Gasteiger partial charge in [0, 0.05) is 19.8 Å². The van der Waals surface area contributed by atoms with E-state index in [0.717, 1.165) is 13.0 Å². The summed E-state index contributed by atoms with van der Waals surface area (Å²) in [5.41, 5.74) is 4.16. The van der Waals surface area contributed by atoms with E-state index in [1.165, 1.54) is 5.56 Å². The highest BCUT2D eigenvalue weighted by Gasteiger charge is 2.00. The minimum atomic E-state index is 0.314. The molecule has 0 aliphatic heterocycles. The maximum absolute atomic E-state index is 5.37. The van der Waals surface area contributed by atoms with Crippen molar-refractivity contribution in [1.82, 2.24) is 5.48 Å². The van der Waals surface area contributed by atoms with Gasteiger partial charge in [0.25, 0.3) is 0 Å². The normalized spacial score (nSPS) is 12.7. The lowest BCUT2D eigenvalue weighted by molar-refractivity contribution is 0.000978. The molecule has 3 heteroatoms. The zero-order chi connectivity index (χ0) is 10.9. The third-order valence-electron chi connectivity index (χ3n) is 2.12. The maximum Gasteiger partial charge on any atom is 0.0933 e. The molecule has 84 valence electrons. The number of hydrogen-bond donors (Lipinski definition) is 1. The molecule has 0 radical (unpaired) electrons. The third kappa shape index (κ3) is 5.52. The molecule has 1 unspecified atom stereocenters. The van der Waals surface area contributed by atoms with E-state index < -0.39 is 0 Å². The summed E-state index contributed by atoms with van der Waals surface area (Å²) in [5, 5.41) is 0. The Kier molecular flexibility index (Phi) is 6.00. The van der Waals surface area contributed by atoms with Crippen molar-refractivity contribution in [3.8, 4) is 0 Å². The Morgan fingerprint density at radius 1 is 1.27 bits per heavy atom. The van der Waals surface area contributed by atoms with Crippen LogP contribution in [0, 0.1) is 0 Å². The maximum atomic E-state index is 5.37. The van der Waals surface area contributed by atoms with Crippen LogP contribution in [0.25, 0.3) is 0 Å². The summed E-state index contributed by atoms with van der Waals surface area (Å²) in [5.74, 6) is 0. The molecule has 0 aliphatic carbocycles. The average Bonchev–Trinajstić information content (AvgIpc) is 2.28. The van der Waals surface area contributed by atoms with E-state index in [1.807, 2.05) is 30.3 Å². The molecule has 0 fully saturated rings. The van der Waals surface area contributed by atoms with Gasteiger partial charge in [-0.2, -0.15) is 5.48 Å². The first-order chi connectivity index (χ1) is 7.33. The van der Waals surface area contributed by atoms with Crippen molar-refractivity contribution in [2.75, 3.05) is 13.7 Å². The van der Waals surface area contributed by atoms with Gasteiger partial charge in [-0.15, -0.1) is 0 Å². The van der Waals surface area contributed by atoms with E-state index in [4.69, 9.17) is 9.57 Å². The Bertz CT molecular complexity index is 251. The lowest BCUT2D eigenvalue weighted by Crippen LogP contribution is -2.27. The minimum absolute atomic E-state index is 0.314. The van der Waals surface area contributed by atoms with Gasteiger partial charge in [-0.1, -0.05) is 30.3 Å². The van der Waals surface area contributed by atoms with E-state index in [1.54, 1.807) is 7.11 Å². The molecule has 0 aromatic heterocycles. The van der Waals surface area contributed by atoms with Gasteiger partial charge in [0.1, 0.15) is 0 Å². The first-order valence-corrected chi connectivity index (χ1v) is 5.23. The lowest BCUT2D eigenvalue weighted by Gasteiger charge is -2.12. The topological polar surface area (TPSA) is 30.5 Å². The van der Waals surface area contributed by atoms with Crippen LogP contribution in [0.3, 0.4) is 0 Å². The van der Waals surface area contributed by atoms with E-state index in [2.05, 4.69) is 12.4 Å². The Morgan fingerprint density at radius 2 is 2.00 bits per heavy atom. The first kappa shape index (κ1) is 12.2. The molecule has 1 aromatic rings. The number of rotatable bonds is 7. The Morgan fingerprint density at radius 3 is 2.67 bits per heavy atom. The SMILES string of the molecule is COCCC(C)NOCc1ccccc1. The predicted octanol–water partition coefficient (Wildman–Crippen LogP) is 2.13. The molecule has 0 amide bonds. The molecule has 1 rings (SSSR count). The highest BCUT2D eigenvalue weighted by Crippen LogP contribution is 2.00. The van der Waals surface area contributed by atoms with Crippen LogP contribution in [-0.4, -0.2) is 19.8 Å². The Balaban J connectivity index is 2.11. The minimum Gasteiger partial charge on any atom is -0.385 e. The molecule has 15 heavy (non-hydrogen) atoms. The van der Waals surface area contributed by atoms with Gasteiger partial charge in [-0.05, 0) is 18.9 Å². The summed E-state index contributed by atoms with van der Waals surface area (Å²) in [6.07, 6.45) is 0.950. The lowest BCUT2D eigenvalue weighted by atomic mass is 10.2. The van der Waals surface area contributed by atoms with Crippen LogP contribution in [0.15, 0.2) is 30.3 Å². The van der Waals surface area contributed by atoms with Crippen LogP contribution in [0.5, 0.6) is 0 Å². The number of hydroxylamine groups is 1. The molecule has 0 spiro atoms. The summed E-state index contributed by atoms with van der Waals surface area (Å²) < 4.78 is 4.98. The van der Waals surface area contributed by atoms with Crippen molar-refractivity contribution in [1.29, 1.82) is 0 Å². The summed E-state index contributed by atoms with van der Waals surface area (Å²) in [6, 6.07) is 10.4. The van der Waals surface area contributed by atoms with E-state index in [-0.39, 0.29) is 0 Å². The number of nitrogens with one attached hydrogen (secondary N) is 1. The van der Waals surface area contributed by atoms with Crippen LogP contribution in [0.4, 0.5) is 0 Å². The Labute approximate surface area is 91.4 Å². The second-order valence-electron chi connectivity index (χ2n) is 3.57. The van der Waals surface area contributed by atoms with Gasteiger partial charge >= 0.3 is 0 Å². The van der Waals surface area contributed by atoms with Gasteiger partial charge in [0.2, 0.25) is 0 Å². The quantitative estimate of drug-likeness (QED) is 0.698. The molecule has 1 aromatic carbocycles. The van der Waals surface area contributed by atoms with Crippen molar-refractivity contribution in [2.24, 2.45) is 0 Å². The van der Waals surface area contributed by atoms with Gasteiger partial charge in [-0.3, -0.25) is 4.84 Å². The van der Waals surface area contributed by atoms with Crippen molar-refractivity contribution in [2.45, 2.75) is 26.0 Å². The highest BCUT2D eigenvalue weighted by atomic mass is 16.6. The highest BCUT2D eigenvalue weighted by molar-refractivity contribution is 5.13. The number of ether oxygens (including phenoxy) is 1. The molecule has 0 heterocycles. The largest absolute Gasteiger partial charge is 0.385 e. The fraction of sp³-hybridized carbons (Fsp3) is 0.500. The number of benzene rings is 1. The molecule has 1 atom stereocenters. The fourth-order valence-electron chi connectivity index (χ4n) is 1.20. The van der Waals surface area contributed by atoms with Gasteiger partial charge < -0.3 is 4.74 Å². The van der Waals surface area contributed by atoms with Crippen LogP contribution >= 0.6 is 0 Å². The van der Waals surface area contributed by atoms with Gasteiger partial charge in [-0.25, -0.2) is 0 Å². The van der Waals surface area contributed by atoms with Gasteiger partial charge in [0.15, 0.2) is 0 Å².